The molecular weight excluding hydrogens is 216 g/mol. The Labute approximate surface area is 102 Å². The monoisotopic (exact) mass is 236 g/mol. The number of carbonyl (C=O) groups excluding carboxylic acids is 1. The number of nitrogen functional groups attached to an aromatic ring is 1. The lowest BCUT2D eigenvalue weighted by Gasteiger charge is -2.23. The maximum Gasteiger partial charge on any atom is 0.330 e. The molecule has 4 N–H and O–H groups in total. The Bertz CT molecular complexity index is 389. The van der Waals surface area contributed by atoms with Crippen molar-refractivity contribution in [3.63, 3.8) is 0 Å². The number of carbonyl (C=O) groups is 1. The van der Waals surface area contributed by atoms with Crippen LogP contribution >= 0.6 is 0 Å². The molecule has 0 saturated heterocycles. The number of hydrogen-bond acceptors (Lipinski definition) is 4. The largest absolute Gasteiger partial charge is 0.464 e. The van der Waals surface area contributed by atoms with E-state index in [2.05, 4.69) is 0 Å². The smallest absolute Gasteiger partial charge is 0.330 e. The van der Waals surface area contributed by atoms with Crippen LogP contribution in [0.25, 0.3) is 0 Å². The molecule has 1 aromatic rings. The molecule has 0 aromatic heterocycles. The molecular formula is C13H20N2O2. The van der Waals surface area contributed by atoms with Crippen LogP contribution in [0.4, 0.5) is 5.69 Å². The van der Waals surface area contributed by atoms with Gasteiger partial charge in [-0.2, -0.15) is 0 Å². The van der Waals surface area contributed by atoms with Crippen LogP contribution in [0.3, 0.4) is 0 Å². The summed E-state index contributed by atoms with van der Waals surface area (Å²) in [5.41, 5.74) is 11.8. The van der Waals surface area contributed by atoms with Crippen LogP contribution in [-0.4, -0.2) is 12.6 Å². The van der Waals surface area contributed by atoms with Crippen molar-refractivity contribution >= 4 is 11.7 Å². The summed E-state index contributed by atoms with van der Waals surface area (Å²) in [7, 11) is 0. The van der Waals surface area contributed by atoms with E-state index >= 15 is 0 Å². The summed E-state index contributed by atoms with van der Waals surface area (Å²) in [4.78, 5) is 11.9. The molecule has 0 heterocycles. The Balaban J connectivity index is 2.76. The fraction of sp³-hybridized carbons (Fsp3) is 0.462. The van der Waals surface area contributed by atoms with Crippen molar-refractivity contribution in [2.75, 3.05) is 12.3 Å². The van der Waals surface area contributed by atoms with Gasteiger partial charge in [-0.1, -0.05) is 25.5 Å². The van der Waals surface area contributed by atoms with E-state index in [0.717, 1.165) is 12.8 Å². The Hall–Kier alpha value is -1.55. The van der Waals surface area contributed by atoms with Gasteiger partial charge in [0.2, 0.25) is 0 Å². The molecule has 0 saturated carbocycles. The molecule has 1 atom stereocenters. The summed E-state index contributed by atoms with van der Waals surface area (Å²) in [5, 5.41) is 0. The molecule has 0 spiro atoms. The average molecular weight is 236 g/mol. The van der Waals surface area contributed by atoms with Gasteiger partial charge in [0.05, 0.1) is 6.61 Å². The number of rotatable bonds is 5. The third-order valence-electron chi connectivity index (χ3n) is 2.64. The van der Waals surface area contributed by atoms with Gasteiger partial charge in [-0.15, -0.1) is 0 Å². The topological polar surface area (TPSA) is 78.3 Å². The van der Waals surface area contributed by atoms with E-state index in [4.69, 9.17) is 16.2 Å². The average Bonchev–Trinajstić information content (AvgIpc) is 2.29. The van der Waals surface area contributed by atoms with E-state index < -0.39 is 11.5 Å². The molecule has 1 rings (SSSR count). The van der Waals surface area contributed by atoms with Crippen molar-refractivity contribution in [3.05, 3.63) is 29.8 Å². The Morgan fingerprint density at radius 3 is 2.76 bits per heavy atom. The summed E-state index contributed by atoms with van der Waals surface area (Å²) < 4.78 is 5.14. The molecule has 0 aliphatic rings. The highest BCUT2D eigenvalue weighted by Gasteiger charge is 2.32. The molecule has 0 aliphatic carbocycles. The van der Waals surface area contributed by atoms with E-state index in [1.54, 1.807) is 31.2 Å². The van der Waals surface area contributed by atoms with Crippen LogP contribution in [0.5, 0.6) is 0 Å². The second-order valence-electron chi connectivity index (χ2n) is 4.32. The molecule has 0 fully saturated rings. The highest BCUT2D eigenvalue weighted by molar-refractivity contribution is 5.82. The third-order valence-corrected chi connectivity index (χ3v) is 2.64. The van der Waals surface area contributed by atoms with E-state index in [-0.39, 0.29) is 0 Å². The first-order chi connectivity index (χ1) is 7.98. The first-order valence-corrected chi connectivity index (χ1v) is 5.80. The molecule has 4 nitrogen and oxygen atoms in total. The minimum Gasteiger partial charge on any atom is -0.464 e. The van der Waals surface area contributed by atoms with Crippen molar-refractivity contribution in [2.24, 2.45) is 5.73 Å². The number of esters is 1. The van der Waals surface area contributed by atoms with Crippen molar-refractivity contribution < 1.29 is 9.53 Å². The quantitative estimate of drug-likeness (QED) is 0.464. The highest BCUT2D eigenvalue weighted by Crippen LogP contribution is 2.21. The summed E-state index contributed by atoms with van der Waals surface area (Å²) in [5.74, 6) is -0.420. The lowest BCUT2D eigenvalue weighted by atomic mass is 9.93. The van der Waals surface area contributed by atoms with Gasteiger partial charge in [0.25, 0.3) is 0 Å². The molecule has 0 amide bonds. The minimum atomic E-state index is -1.15. The number of unbranched alkanes of at least 4 members (excludes halogenated alkanes) is 1. The standard InChI is InChI=1S/C13H20N2O2/c1-3-4-8-17-12(16)13(2,15)10-6-5-7-11(14)9-10/h5-7,9H,3-4,8,14-15H2,1-2H3. The Morgan fingerprint density at radius 2 is 2.18 bits per heavy atom. The zero-order valence-corrected chi connectivity index (χ0v) is 10.4. The number of hydrogen-bond donors (Lipinski definition) is 2. The fourth-order valence-corrected chi connectivity index (χ4v) is 1.44. The lowest BCUT2D eigenvalue weighted by molar-refractivity contribution is -0.150. The van der Waals surface area contributed by atoms with Gasteiger partial charge in [0, 0.05) is 5.69 Å². The highest BCUT2D eigenvalue weighted by atomic mass is 16.5. The van der Waals surface area contributed by atoms with E-state index in [0.29, 0.717) is 17.9 Å². The Morgan fingerprint density at radius 1 is 1.47 bits per heavy atom. The molecule has 0 radical (unpaired) electrons. The van der Waals surface area contributed by atoms with Gasteiger partial charge >= 0.3 is 5.97 Å². The number of nitrogens with two attached hydrogens (primary N) is 2. The van der Waals surface area contributed by atoms with Gasteiger partial charge in [-0.25, -0.2) is 4.79 Å². The third kappa shape index (κ3) is 3.46. The van der Waals surface area contributed by atoms with Gasteiger partial charge < -0.3 is 16.2 Å². The fourth-order valence-electron chi connectivity index (χ4n) is 1.44. The van der Waals surface area contributed by atoms with Gasteiger partial charge in [-0.3, -0.25) is 0 Å². The second kappa shape index (κ2) is 5.68. The summed E-state index contributed by atoms with van der Waals surface area (Å²) in [6.45, 7) is 4.08. The van der Waals surface area contributed by atoms with Gasteiger partial charge in [0.1, 0.15) is 5.54 Å². The number of benzene rings is 1. The van der Waals surface area contributed by atoms with Crippen LogP contribution in [0, 0.1) is 0 Å². The van der Waals surface area contributed by atoms with E-state index in [9.17, 15) is 4.79 Å². The molecule has 94 valence electrons. The normalized spacial score (nSPS) is 14.1. The lowest BCUT2D eigenvalue weighted by Crippen LogP contribution is -2.43. The van der Waals surface area contributed by atoms with Crippen LogP contribution in [0.1, 0.15) is 32.3 Å². The predicted molar refractivity (Wildman–Crippen MR) is 68.3 cm³/mol. The molecule has 17 heavy (non-hydrogen) atoms. The first-order valence-electron chi connectivity index (χ1n) is 5.80. The predicted octanol–water partition coefficient (Wildman–Crippen LogP) is 1.79. The zero-order chi connectivity index (χ0) is 12.9. The molecule has 1 aromatic carbocycles. The van der Waals surface area contributed by atoms with E-state index in [1.165, 1.54) is 0 Å². The second-order valence-corrected chi connectivity index (χ2v) is 4.32. The van der Waals surface area contributed by atoms with Gasteiger partial charge in [-0.05, 0) is 31.0 Å². The van der Waals surface area contributed by atoms with Crippen molar-refractivity contribution in [3.8, 4) is 0 Å². The van der Waals surface area contributed by atoms with Crippen LogP contribution in [-0.2, 0) is 15.1 Å². The zero-order valence-electron chi connectivity index (χ0n) is 10.4. The van der Waals surface area contributed by atoms with E-state index in [1.807, 2.05) is 6.92 Å². The van der Waals surface area contributed by atoms with Crippen LogP contribution < -0.4 is 11.5 Å². The first kappa shape index (κ1) is 13.5. The Kier molecular flexibility index (Phi) is 4.52. The maximum absolute atomic E-state index is 11.9. The SMILES string of the molecule is CCCCOC(=O)C(C)(N)c1cccc(N)c1. The van der Waals surface area contributed by atoms with Crippen molar-refractivity contribution in [2.45, 2.75) is 32.2 Å². The summed E-state index contributed by atoms with van der Waals surface area (Å²) >= 11 is 0. The van der Waals surface area contributed by atoms with Crippen LogP contribution in [0.15, 0.2) is 24.3 Å². The maximum atomic E-state index is 11.9. The minimum absolute atomic E-state index is 0.407. The van der Waals surface area contributed by atoms with Crippen molar-refractivity contribution in [1.82, 2.24) is 0 Å². The molecule has 4 heteroatoms. The number of anilines is 1. The molecule has 0 bridgehead atoms. The molecule has 0 aliphatic heterocycles. The summed E-state index contributed by atoms with van der Waals surface area (Å²) in [6.07, 6.45) is 1.82. The summed E-state index contributed by atoms with van der Waals surface area (Å²) in [6, 6.07) is 7.00. The number of ether oxygens (including phenoxy) is 1. The molecule has 1 unspecified atom stereocenters. The van der Waals surface area contributed by atoms with Gasteiger partial charge in [0.15, 0.2) is 0 Å². The van der Waals surface area contributed by atoms with Crippen LogP contribution in [0.2, 0.25) is 0 Å². The van der Waals surface area contributed by atoms with Crippen molar-refractivity contribution in [1.29, 1.82) is 0 Å².